The van der Waals surface area contributed by atoms with E-state index < -0.39 is 6.29 Å². The number of nitrogens with zero attached hydrogens (tertiary/aromatic N) is 1. The molecule has 2 aromatic rings. The van der Waals surface area contributed by atoms with Gasteiger partial charge in [0, 0.05) is 31.7 Å². The number of benzene rings is 2. The Bertz CT molecular complexity index is 762. The summed E-state index contributed by atoms with van der Waals surface area (Å²) >= 11 is 0. The van der Waals surface area contributed by atoms with Crippen LogP contribution in [-0.2, 0) is 14.3 Å². The lowest BCUT2D eigenvalue weighted by Gasteiger charge is -2.32. The molecule has 0 spiro atoms. The summed E-state index contributed by atoms with van der Waals surface area (Å²) in [7, 11) is 0. The van der Waals surface area contributed by atoms with Gasteiger partial charge in [0.05, 0.1) is 13.2 Å². The predicted molar refractivity (Wildman–Crippen MR) is 100 cm³/mol. The number of nitrogens with one attached hydrogen (secondary N) is 1. The highest BCUT2D eigenvalue weighted by Gasteiger charge is 2.34. The van der Waals surface area contributed by atoms with Crippen molar-refractivity contribution in [1.29, 1.82) is 0 Å². The van der Waals surface area contributed by atoms with E-state index in [-0.39, 0.29) is 12.0 Å². The largest absolute Gasteiger partial charge is 0.455 e. The third kappa shape index (κ3) is 4.30. The van der Waals surface area contributed by atoms with Crippen molar-refractivity contribution in [3.63, 3.8) is 0 Å². The van der Waals surface area contributed by atoms with Crippen LogP contribution in [0.1, 0.15) is 17.2 Å². The summed E-state index contributed by atoms with van der Waals surface area (Å²) in [5.41, 5.74) is 1.93. The highest BCUT2D eigenvalue weighted by atomic mass is 16.7. The van der Waals surface area contributed by atoms with Gasteiger partial charge in [0.15, 0.2) is 0 Å². The number of rotatable bonds is 5. The smallest absolute Gasteiger partial charge is 0.289 e. The molecular formula is C21H24N2O4. The molecule has 2 aliphatic heterocycles. The quantitative estimate of drug-likeness (QED) is 0.874. The summed E-state index contributed by atoms with van der Waals surface area (Å²) < 4.78 is 17.2. The monoisotopic (exact) mass is 368 g/mol. The summed E-state index contributed by atoms with van der Waals surface area (Å²) in [5.74, 6) is 0.435. The zero-order chi connectivity index (χ0) is 18.5. The number of hydrogen-bond acceptors (Lipinski definition) is 5. The van der Waals surface area contributed by atoms with Crippen LogP contribution in [0.15, 0.2) is 54.6 Å². The average molecular weight is 368 g/mol. The first kappa shape index (κ1) is 18.0. The summed E-state index contributed by atoms with van der Waals surface area (Å²) in [4.78, 5) is 14.9. The molecule has 0 saturated carbocycles. The van der Waals surface area contributed by atoms with Crippen molar-refractivity contribution in [2.24, 2.45) is 0 Å². The van der Waals surface area contributed by atoms with Gasteiger partial charge in [0.1, 0.15) is 11.9 Å². The second-order valence-electron chi connectivity index (χ2n) is 6.66. The normalized spacial score (nSPS) is 22.5. The first-order valence-electron chi connectivity index (χ1n) is 9.35. The van der Waals surface area contributed by atoms with E-state index in [4.69, 9.17) is 14.2 Å². The number of amides is 1. The SMILES string of the molecule is O=C(NCCN1CCOCC1)[C@H]1Oc2ccccc2[C@H](c2ccccc2)O1. The van der Waals surface area contributed by atoms with Crippen LogP contribution in [-0.4, -0.2) is 56.5 Å². The molecule has 0 unspecified atom stereocenters. The minimum atomic E-state index is -0.963. The minimum absolute atomic E-state index is 0.251. The molecule has 2 aromatic carbocycles. The Kier molecular flexibility index (Phi) is 5.67. The molecule has 27 heavy (non-hydrogen) atoms. The molecule has 0 aromatic heterocycles. The fourth-order valence-electron chi connectivity index (χ4n) is 3.39. The first-order chi connectivity index (χ1) is 13.3. The lowest BCUT2D eigenvalue weighted by molar-refractivity contribution is -0.166. The van der Waals surface area contributed by atoms with Crippen LogP contribution in [0, 0.1) is 0 Å². The Labute approximate surface area is 159 Å². The minimum Gasteiger partial charge on any atom is -0.455 e. The topological polar surface area (TPSA) is 60.0 Å². The molecule has 1 amide bonds. The molecule has 2 atom stereocenters. The molecule has 0 bridgehead atoms. The van der Waals surface area contributed by atoms with E-state index in [0.717, 1.165) is 44.0 Å². The fraction of sp³-hybridized carbons (Fsp3) is 0.381. The Morgan fingerprint density at radius 1 is 1.04 bits per heavy atom. The van der Waals surface area contributed by atoms with Crippen molar-refractivity contribution in [2.45, 2.75) is 12.4 Å². The Hall–Kier alpha value is -2.41. The summed E-state index contributed by atoms with van der Waals surface area (Å²) in [6.45, 7) is 4.64. The molecule has 0 radical (unpaired) electrons. The molecule has 6 nitrogen and oxygen atoms in total. The van der Waals surface area contributed by atoms with Gasteiger partial charge < -0.3 is 19.5 Å². The van der Waals surface area contributed by atoms with Gasteiger partial charge in [-0.15, -0.1) is 0 Å². The van der Waals surface area contributed by atoms with E-state index in [1.54, 1.807) is 0 Å². The van der Waals surface area contributed by atoms with Gasteiger partial charge in [0.2, 0.25) is 0 Å². The van der Waals surface area contributed by atoms with Crippen LogP contribution in [0.2, 0.25) is 0 Å². The predicted octanol–water partition coefficient (Wildman–Crippen LogP) is 1.96. The van der Waals surface area contributed by atoms with Crippen molar-refractivity contribution in [3.05, 3.63) is 65.7 Å². The van der Waals surface area contributed by atoms with Crippen molar-refractivity contribution >= 4 is 5.91 Å². The maximum absolute atomic E-state index is 12.6. The molecule has 6 heteroatoms. The molecular weight excluding hydrogens is 344 g/mol. The van der Waals surface area contributed by atoms with Crippen molar-refractivity contribution in [1.82, 2.24) is 10.2 Å². The lowest BCUT2D eigenvalue weighted by Crippen LogP contribution is -2.46. The second kappa shape index (κ2) is 8.52. The molecule has 142 valence electrons. The third-order valence-electron chi connectivity index (χ3n) is 4.84. The summed E-state index contributed by atoms with van der Waals surface area (Å²) in [6, 6.07) is 17.6. The number of para-hydroxylation sites is 1. The van der Waals surface area contributed by atoms with Gasteiger partial charge in [-0.05, 0) is 11.6 Å². The zero-order valence-corrected chi connectivity index (χ0v) is 15.2. The standard InChI is InChI=1S/C21H24N2O4/c24-20(22-10-11-23-12-14-25-15-13-23)21-26-18-9-5-4-8-17(18)19(27-21)16-6-2-1-3-7-16/h1-9,19,21H,10-15H2,(H,22,24)/t19-,21-/m0/s1. The zero-order valence-electron chi connectivity index (χ0n) is 15.2. The number of ether oxygens (including phenoxy) is 3. The van der Waals surface area contributed by atoms with Gasteiger partial charge >= 0.3 is 0 Å². The second-order valence-corrected chi connectivity index (χ2v) is 6.66. The van der Waals surface area contributed by atoms with E-state index in [9.17, 15) is 4.79 Å². The van der Waals surface area contributed by atoms with Gasteiger partial charge in [0.25, 0.3) is 12.2 Å². The summed E-state index contributed by atoms with van der Waals surface area (Å²) in [5, 5.41) is 2.93. The van der Waals surface area contributed by atoms with Crippen molar-refractivity contribution in [3.8, 4) is 5.75 Å². The molecule has 0 aliphatic carbocycles. The van der Waals surface area contributed by atoms with Crippen LogP contribution in [0.3, 0.4) is 0 Å². The van der Waals surface area contributed by atoms with E-state index in [1.807, 2.05) is 54.6 Å². The van der Waals surface area contributed by atoms with Crippen LogP contribution in [0.4, 0.5) is 0 Å². The van der Waals surface area contributed by atoms with E-state index in [1.165, 1.54) is 0 Å². The molecule has 1 saturated heterocycles. The van der Waals surface area contributed by atoms with Crippen LogP contribution in [0.5, 0.6) is 5.75 Å². The van der Waals surface area contributed by atoms with Gasteiger partial charge in [-0.3, -0.25) is 9.69 Å². The molecule has 1 fully saturated rings. The molecule has 2 aliphatic rings. The molecule has 2 heterocycles. The molecule has 4 rings (SSSR count). The van der Waals surface area contributed by atoms with Gasteiger partial charge in [-0.1, -0.05) is 48.5 Å². The highest BCUT2D eigenvalue weighted by molar-refractivity contribution is 5.80. The maximum Gasteiger partial charge on any atom is 0.289 e. The number of hydrogen-bond donors (Lipinski definition) is 1. The molecule has 1 N–H and O–H groups in total. The third-order valence-corrected chi connectivity index (χ3v) is 4.84. The van der Waals surface area contributed by atoms with Gasteiger partial charge in [-0.25, -0.2) is 0 Å². The van der Waals surface area contributed by atoms with E-state index in [0.29, 0.717) is 12.3 Å². The number of morpholine rings is 1. The van der Waals surface area contributed by atoms with Crippen LogP contribution < -0.4 is 10.1 Å². The van der Waals surface area contributed by atoms with Crippen molar-refractivity contribution < 1.29 is 19.0 Å². The number of carbonyl (C=O) groups excluding carboxylic acids is 1. The Morgan fingerprint density at radius 2 is 1.78 bits per heavy atom. The Balaban J connectivity index is 1.42. The number of fused-ring (bicyclic) bond motifs is 1. The Morgan fingerprint density at radius 3 is 2.59 bits per heavy atom. The fourth-order valence-corrected chi connectivity index (χ4v) is 3.39. The van der Waals surface area contributed by atoms with E-state index >= 15 is 0 Å². The van der Waals surface area contributed by atoms with Crippen LogP contribution >= 0.6 is 0 Å². The summed E-state index contributed by atoms with van der Waals surface area (Å²) in [6.07, 6.45) is -1.29. The van der Waals surface area contributed by atoms with Crippen LogP contribution in [0.25, 0.3) is 0 Å². The number of carbonyl (C=O) groups is 1. The lowest BCUT2D eigenvalue weighted by atomic mass is 9.99. The maximum atomic E-state index is 12.6. The van der Waals surface area contributed by atoms with Crippen molar-refractivity contribution in [2.75, 3.05) is 39.4 Å². The van der Waals surface area contributed by atoms with Gasteiger partial charge in [-0.2, -0.15) is 0 Å². The first-order valence-corrected chi connectivity index (χ1v) is 9.35. The average Bonchev–Trinajstić information content (AvgIpc) is 2.74. The highest BCUT2D eigenvalue weighted by Crippen LogP contribution is 2.38. The van der Waals surface area contributed by atoms with E-state index in [2.05, 4.69) is 10.2 Å².